The second kappa shape index (κ2) is 7.88. The Bertz CT molecular complexity index is 766. The van der Waals surface area contributed by atoms with Crippen LogP contribution < -0.4 is 5.32 Å². The fourth-order valence-corrected chi connectivity index (χ4v) is 2.58. The maximum Gasteiger partial charge on any atom is 0.254 e. The van der Waals surface area contributed by atoms with Gasteiger partial charge < -0.3 is 10.2 Å². The first-order valence-corrected chi connectivity index (χ1v) is 7.93. The van der Waals surface area contributed by atoms with E-state index in [-0.39, 0.29) is 12.5 Å². The van der Waals surface area contributed by atoms with Gasteiger partial charge in [-0.15, -0.1) is 0 Å². The number of nitrogens with one attached hydrogen (secondary N) is 1. The van der Waals surface area contributed by atoms with Crippen molar-refractivity contribution in [1.82, 2.24) is 4.90 Å². The highest BCUT2D eigenvalue weighted by molar-refractivity contribution is 5.99. The van der Waals surface area contributed by atoms with Crippen LogP contribution in [0.3, 0.4) is 0 Å². The Hall–Kier alpha value is -2.76. The van der Waals surface area contributed by atoms with Crippen molar-refractivity contribution in [3.63, 3.8) is 0 Å². The minimum absolute atomic E-state index is 0.291. The van der Waals surface area contributed by atoms with E-state index in [1.165, 1.54) is 11.0 Å². The Balaban J connectivity index is 2.13. The fraction of sp³-hybridized carbons (Fsp3) is 0.263. The Labute approximate surface area is 145 Å². The summed E-state index contributed by atoms with van der Waals surface area (Å²) >= 11 is 0. The Morgan fingerprint density at radius 2 is 1.60 bits per heavy atom. The molecule has 1 N–H and O–H groups in total. The topological polar surface area (TPSA) is 49.4 Å². The summed E-state index contributed by atoms with van der Waals surface area (Å²) in [6.45, 7) is 5.49. The molecule has 2 amide bonds. The third-order valence-corrected chi connectivity index (χ3v) is 3.70. The molecule has 0 aliphatic heterocycles. The van der Waals surface area contributed by atoms with Gasteiger partial charge in [-0.1, -0.05) is 23.3 Å². The molecule has 0 radical (unpaired) electrons. The summed E-state index contributed by atoms with van der Waals surface area (Å²) in [4.78, 5) is 26.0. The summed E-state index contributed by atoms with van der Waals surface area (Å²) < 4.78 is 27.2. The first-order chi connectivity index (χ1) is 11.8. The van der Waals surface area contributed by atoms with Gasteiger partial charge in [0.05, 0.1) is 0 Å². The average Bonchev–Trinajstić information content (AvgIpc) is 2.54. The monoisotopic (exact) mass is 346 g/mol. The highest BCUT2D eigenvalue weighted by Gasteiger charge is 2.19. The van der Waals surface area contributed by atoms with Gasteiger partial charge in [0.25, 0.3) is 5.91 Å². The number of hydrogen-bond donors (Lipinski definition) is 1. The molecule has 0 fully saturated rings. The third-order valence-electron chi connectivity index (χ3n) is 3.70. The van der Waals surface area contributed by atoms with Crippen LogP contribution in [-0.4, -0.2) is 29.8 Å². The zero-order valence-corrected chi connectivity index (χ0v) is 14.4. The molecular weight excluding hydrogens is 326 g/mol. The van der Waals surface area contributed by atoms with E-state index < -0.39 is 23.2 Å². The van der Waals surface area contributed by atoms with Crippen LogP contribution >= 0.6 is 0 Å². The van der Waals surface area contributed by atoms with Crippen LogP contribution in [0.15, 0.2) is 36.4 Å². The van der Waals surface area contributed by atoms with Crippen LogP contribution in [0.2, 0.25) is 0 Å². The quantitative estimate of drug-likeness (QED) is 0.898. The zero-order chi connectivity index (χ0) is 18.6. The van der Waals surface area contributed by atoms with Crippen LogP contribution in [0.1, 0.15) is 28.4 Å². The van der Waals surface area contributed by atoms with Crippen molar-refractivity contribution < 1.29 is 18.4 Å². The van der Waals surface area contributed by atoms with Gasteiger partial charge >= 0.3 is 0 Å². The van der Waals surface area contributed by atoms with Crippen molar-refractivity contribution >= 4 is 17.5 Å². The number of hydrogen-bond acceptors (Lipinski definition) is 2. The lowest BCUT2D eigenvalue weighted by Gasteiger charge is -2.21. The van der Waals surface area contributed by atoms with Crippen molar-refractivity contribution in [2.45, 2.75) is 20.8 Å². The number of halogens is 2. The van der Waals surface area contributed by atoms with E-state index in [2.05, 4.69) is 5.32 Å². The van der Waals surface area contributed by atoms with Gasteiger partial charge in [0.2, 0.25) is 5.91 Å². The van der Waals surface area contributed by atoms with Crippen molar-refractivity contribution in [1.29, 1.82) is 0 Å². The lowest BCUT2D eigenvalue weighted by atomic mass is 10.1. The number of aryl methyl sites for hydroxylation is 2. The molecule has 0 saturated carbocycles. The van der Waals surface area contributed by atoms with E-state index in [4.69, 9.17) is 0 Å². The zero-order valence-electron chi connectivity index (χ0n) is 14.4. The highest BCUT2D eigenvalue weighted by Crippen LogP contribution is 2.18. The molecule has 0 atom stereocenters. The van der Waals surface area contributed by atoms with E-state index in [9.17, 15) is 18.4 Å². The van der Waals surface area contributed by atoms with Crippen LogP contribution in [-0.2, 0) is 4.79 Å². The van der Waals surface area contributed by atoms with Gasteiger partial charge in [0.1, 0.15) is 23.9 Å². The van der Waals surface area contributed by atoms with E-state index in [0.29, 0.717) is 12.1 Å². The summed E-state index contributed by atoms with van der Waals surface area (Å²) in [6, 6.07) is 8.75. The standard InChI is InChI=1S/C19H20F2N2O2/c1-4-23(19(25)14-9-12(2)8-13(3)10-14)11-17(24)22-18-15(20)6-5-7-16(18)21/h5-10H,4,11H2,1-3H3,(H,22,24). The predicted molar refractivity (Wildman–Crippen MR) is 92.5 cm³/mol. The lowest BCUT2D eigenvalue weighted by molar-refractivity contribution is -0.116. The fourth-order valence-electron chi connectivity index (χ4n) is 2.58. The number of carbonyl (C=O) groups is 2. The van der Waals surface area contributed by atoms with Crippen LogP contribution in [0.4, 0.5) is 14.5 Å². The largest absolute Gasteiger partial charge is 0.330 e. The molecule has 0 aromatic heterocycles. The maximum atomic E-state index is 13.6. The molecule has 2 aromatic carbocycles. The summed E-state index contributed by atoms with van der Waals surface area (Å²) in [5.41, 5.74) is 1.85. The molecule has 2 rings (SSSR count). The molecule has 6 heteroatoms. The van der Waals surface area contributed by atoms with Crippen molar-refractivity contribution in [3.05, 3.63) is 64.7 Å². The number of nitrogens with zero attached hydrogens (tertiary/aromatic N) is 1. The number of benzene rings is 2. The van der Waals surface area contributed by atoms with E-state index >= 15 is 0 Å². The highest BCUT2D eigenvalue weighted by atomic mass is 19.1. The average molecular weight is 346 g/mol. The summed E-state index contributed by atoms with van der Waals surface area (Å²) in [7, 11) is 0. The van der Waals surface area contributed by atoms with Crippen molar-refractivity contribution in [3.8, 4) is 0 Å². The van der Waals surface area contributed by atoms with E-state index in [1.807, 2.05) is 19.9 Å². The smallest absolute Gasteiger partial charge is 0.254 e. The third kappa shape index (κ3) is 4.62. The summed E-state index contributed by atoms with van der Waals surface area (Å²) in [5.74, 6) is -2.70. The molecule has 0 spiro atoms. The van der Waals surface area contributed by atoms with E-state index in [0.717, 1.165) is 23.3 Å². The van der Waals surface area contributed by atoms with Crippen molar-refractivity contribution in [2.75, 3.05) is 18.4 Å². The second-order valence-corrected chi connectivity index (χ2v) is 5.84. The first-order valence-electron chi connectivity index (χ1n) is 7.93. The van der Waals surface area contributed by atoms with Crippen LogP contribution in [0.25, 0.3) is 0 Å². The van der Waals surface area contributed by atoms with Gasteiger partial charge in [0, 0.05) is 12.1 Å². The molecule has 0 unspecified atom stereocenters. The SMILES string of the molecule is CCN(CC(=O)Nc1c(F)cccc1F)C(=O)c1cc(C)cc(C)c1. The second-order valence-electron chi connectivity index (χ2n) is 5.84. The van der Waals surface area contributed by atoms with Crippen molar-refractivity contribution in [2.24, 2.45) is 0 Å². The molecule has 0 saturated heterocycles. The van der Waals surface area contributed by atoms with Gasteiger partial charge in [-0.25, -0.2) is 8.78 Å². The predicted octanol–water partition coefficient (Wildman–Crippen LogP) is 3.68. The minimum atomic E-state index is -0.864. The molecule has 0 aliphatic rings. The summed E-state index contributed by atoms with van der Waals surface area (Å²) in [5, 5.41) is 2.19. The van der Waals surface area contributed by atoms with Gasteiger partial charge in [0.15, 0.2) is 0 Å². The summed E-state index contributed by atoms with van der Waals surface area (Å²) in [6.07, 6.45) is 0. The molecule has 2 aromatic rings. The number of para-hydroxylation sites is 1. The molecule has 0 heterocycles. The first kappa shape index (κ1) is 18.6. The maximum absolute atomic E-state index is 13.6. The van der Waals surface area contributed by atoms with Gasteiger partial charge in [-0.2, -0.15) is 0 Å². The normalized spacial score (nSPS) is 10.4. The molecular formula is C19H20F2N2O2. The number of likely N-dealkylation sites (N-methyl/N-ethyl adjacent to an activating group) is 1. The lowest BCUT2D eigenvalue weighted by Crippen LogP contribution is -2.38. The molecule has 0 aliphatic carbocycles. The number of anilines is 1. The molecule has 132 valence electrons. The Kier molecular flexibility index (Phi) is 5.85. The van der Waals surface area contributed by atoms with Crippen LogP contribution in [0.5, 0.6) is 0 Å². The number of carbonyl (C=O) groups excluding carboxylic acids is 2. The van der Waals surface area contributed by atoms with Crippen LogP contribution in [0, 0.1) is 25.5 Å². The van der Waals surface area contributed by atoms with Gasteiger partial charge in [-0.3, -0.25) is 9.59 Å². The molecule has 25 heavy (non-hydrogen) atoms. The minimum Gasteiger partial charge on any atom is -0.330 e. The Morgan fingerprint density at radius 3 is 2.12 bits per heavy atom. The molecule has 4 nitrogen and oxygen atoms in total. The molecule has 0 bridgehead atoms. The Morgan fingerprint density at radius 1 is 1.04 bits per heavy atom. The number of amides is 2. The van der Waals surface area contributed by atoms with Gasteiger partial charge in [-0.05, 0) is 45.0 Å². The van der Waals surface area contributed by atoms with E-state index in [1.54, 1.807) is 19.1 Å². The number of rotatable bonds is 5.